The van der Waals surface area contributed by atoms with Gasteiger partial charge in [0.05, 0.1) is 12.2 Å². The van der Waals surface area contributed by atoms with Crippen LogP contribution in [0.2, 0.25) is 0 Å². The largest absolute Gasteiger partial charge is 0.482 e. The van der Waals surface area contributed by atoms with Crippen molar-refractivity contribution in [2.75, 3.05) is 13.2 Å². The van der Waals surface area contributed by atoms with Crippen LogP contribution in [0, 0.1) is 0 Å². The summed E-state index contributed by atoms with van der Waals surface area (Å²) in [6.07, 6.45) is 0. The summed E-state index contributed by atoms with van der Waals surface area (Å²) < 4.78 is 10.4. The molecule has 5 nitrogen and oxygen atoms in total. The molecule has 0 fully saturated rings. The second kappa shape index (κ2) is 6.24. The third-order valence-corrected chi connectivity index (χ3v) is 2.20. The molecule has 0 atom stereocenters. The van der Waals surface area contributed by atoms with Crippen LogP contribution in [0.5, 0.6) is 5.75 Å². The minimum absolute atomic E-state index is 0.274. The number of hydrogen-bond acceptors (Lipinski definition) is 4. The van der Waals surface area contributed by atoms with Crippen LogP contribution in [0.3, 0.4) is 0 Å². The summed E-state index contributed by atoms with van der Waals surface area (Å²) in [7, 11) is 0. The van der Waals surface area contributed by atoms with Gasteiger partial charge in [-0.05, 0) is 25.1 Å². The van der Waals surface area contributed by atoms with Crippen LogP contribution in [0.4, 0.5) is 0 Å². The van der Waals surface area contributed by atoms with Gasteiger partial charge in [-0.2, -0.15) is 0 Å². The quantitative estimate of drug-likeness (QED) is 0.843. The number of hydrogen-bond donors (Lipinski definition) is 1. The van der Waals surface area contributed by atoms with Crippen molar-refractivity contribution < 1.29 is 24.2 Å². The van der Waals surface area contributed by atoms with Crippen molar-refractivity contribution >= 4 is 27.9 Å². The SMILES string of the molecule is CCOC(=O)c1cc(Br)cc(OCC(=O)O)c1. The Morgan fingerprint density at radius 2 is 2.06 bits per heavy atom. The molecule has 6 heteroatoms. The topological polar surface area (TPSA) is 72.8 Å². The highest BCUT2D eigenvalue weighted by Crippen LogP contribution is 2.22. The maximum Gasteiger partial charge on any atom is 0.341 e. The fraction of sp³-hybridized carbons (Fsp3) is 0.273. The Kier molecular flexibility index (Phi) is 4.96. The summed E-state index contributed by atoms with van der Waals surface area (Å²) in [4.78, 5) is 21.8. The van der Waals surface area contributed by atoms with Crippen LogP contribution >= 0.6 is 15.9 Å². The molecule has 1 N–H and O–H groups in total. The molecule has 0 aliphatic heterocycles. The second-order valence-corrected chi connectivity index (χ2v) is 3.99. The third kappa shape index (κ3) is 4.44. The zero-order valence-corrected chi connectivity index (χ0v) is 10.7. The molecule has 1 aromatic carbocycles. The monoisotopic (exact) mass is 302 g/mol. The number of benzene rings is 1. The molecule has 0 saturated heterocycles. The van der Waals surface area contributed by atoms with Gasteiger partial charge < -0.3 is 14.6 Å². The zero-order chi connectivity index (χ0) is 12.8. The number of carboxylic acid groups (broad SMARTS) is 1. The van der Waals surface area contributed by atoms with Gasteiger partial charge in [0.1, 0.15) is 5.75 Å². The third-order valence-electron chi connectivity index (χ3n) is 1.74. The molecular weight excluding hydrogens is 292 g/mol. The van der Waals surface area contributed by atoms with E-state index in [0.29, 0.717) is 15.8 Å². The van der Waals surface area contributed by atoms with E-state index < -0.39 is 18.5 Å². The predicted octanol–water partition coefficient (Wildman–Crippen LogP) is 2.09. The Morgan fingerprint density at radius 1 is 1.35 bits per heavy atom. The fourth-order valence-corrected chi connectivity index (χ4v) is 1.60. The van der Waals surface area contributed by atoms with Crippen LogP contribution in [-0.4, -0.2) is 30.3 Å². The highest BCUT2D eigenvalue weighted by atomic mass is 79.9. The molecule has 92 valence electrons. The molecule has 0 saturated carbocycles. The summed E-state index contributed by atoms with van der Waals surface area (Å²) in [5.41, 5.74) is 0.307. The van der Waals surface area contributed by atoms with Gasteiger partial charge in [0.25, 0.3) is 0 Å². The molecule has 1 aromatic rings. The Balaban J connectivity index is 2.86. The van der Waals surface area contributed by atoms with Crippen molar-refractivity contribution in [3.63, 3.8) is 0 Å². The molecule has 17 heavy (non-hydrogen) atoms. The number of carboxylic acids is 1. The number of esters is 1. The van der Waals surface area contributed by atoms with E-state index in [-0.39, 0.29) is 6.61 Å². The van der Waals surface area contributed by atoms with Crippen molar-refractivity contribution in [3.05, 3.63) is 28.2 Å². The first-order valence-electron chi connectivity index (χ1n) is 4.85. The lowest BCUT2D eigenvalue weighted by atomic mass is 10.2. The first-order chi connectivity index (χ1) is 8.02. The Labute approximate surface area is 106 Å². The van der Waals surface area contributed by atoms with Crippen molar-refractivity contribution in [3.8, 4) is 5.75 Å². The van der Waals surface area contributed by atoms with E-state index in [1.165, 1.54) is 6.07 Å². The fourth-order valence-electron chi connectivity index (χ4n) is 1.12. The summed E-state index contributed by atoms with van der Waals surface area (Å²) in [5.74, 6) is -1.26. The maximum absolute atomic E-state index is 11.5. The highest BCUT2D eigenvalue weighted by molar-refractivity contribution is 9.10. The van der Waals surface area contributed by atoms with Crippen LogP contribution in [0.15, 0.2) is 22.7 Å². The van der Waals surface area contributed by atoms with Gasteiger partial charge in [-0.1, -0.05) is 15.9 Å². The Hall–Kier alpha value is -1.56. The number of aliphatic carboxylic acids is 1. The van der Waals surface area contributed by atoms with E-state index in [2.05, 4.69) is 15.9 Å². The molecule has 1 rings (SSSR count). The molecule has 0 radical (unpaired) electrons. The highest BCUT2D eigenvalue weighted by Gasteiger charge is 2.10. The standard InChI is InChI=1S/C11H11BrO5/c1-2-16-11(15)7-3-8(12)5-9(4-7)17-6-10(13)14/h3-5H,2,6H2,1H3,(H,13,14). The molecule has 0 aromatic heterocycles. The minimum Gasteiger partial charge on any atom is -0.482 e. The number of carbonyl (C=O) groups excluding carboxylic acids is 1. The number of ether oxygens (including phenoxy) is 2. The summed E-state index contributed by atoms with van der Waals surface area (Å²) in [6.45, 7) is 1.52. The first-order valence-corrected chi connectivity index (χ1v) is 5.64. The van der Waals surface area contributed by atoms with E-state index in [4.69, 9.17) is 14.6 Å². The summed E-state index contributed by atoms with van der Waals surface area (Å²) >= 11 is 3.20. The number of carbonyl (C=O) groups is 2. The van der Waals surface area contributed by atoms with E-state index >= 15 is 0 Å². The van der Waals surface area contributed by atoms with Gasteiger partial charge >= 0.3 is 11.9 Å². The van der Waals surface area contributed by atoms with Gasteiger partial charge in [-0.15, -0.1) is 0 Å². The van der Waals surface area contributed by atoms with E-state index in [0.717, 1.165) is 0 Å². The maximum atomic E-state index is 11.5. The summed E-state index contributed by atoms with van der Waals surface area (Å²) in [5, 5.41) is 8.48. The van der Waals surface area contributed by atoms with Gasteiger partial charge in [0.15, 0.2) is 6.61 Å². The average Bonchev–Trinajstić information content (AvgIpc) is 2.26. The average molecular weight is 303 g/mol. The van der Waals surface area contributed by atoms with Gasteiger partial charge in [-0.25, -0.2) is 9.59 Å². The van der Waals surface area contributed by atoms with Crippen LogP contribution in [0.1, 0.15) is 17.3 Å². The van der Waals surface area contributed by atoms with Crippen molar-refractivity contribution in [1.29, 1.82) is 0 Å². The molecule has 0 amide bonds. The Bertz CT molecular complexity index is 430. The van der Waals surface area contributed by atoms with Crippen LogP contribution < -0.4 is 4.74 Å². The zero-order valence-electron chi connectivity index (χ0n) is 9.10. The van der Waals surface area contributed by atoms with Crippen molar-refractivity contribution in [1.82, 2.24) is 0 Å². The lowest BCUT2D eigenvalue weighted by Gasteiger charge is -2.07. The molecule has 0 spiro atoms. The molecule has 0 unspecified atom stereocenters. The van der Waals surface area contributed by atoms with Crippen molar-refractivity contribution in [2.24, 2.45) is 0 Å². The van der Waals surface area contributed by atoms with E-state index in [1.54, 1.807) is 19.1 Å². The minimum atomic E-state index is -1.08. The first kappa shape index (κ1) is 13.5. The van der Waals surface area contributed by atoms with Crippen LogP contribution in [-0.2, 0) is 9.53 Å². The number of halogens is 1. The molecule has 0 aliphatic carbocycles. The number of rotatable bonds is 5. The smallest absolute Gasteiger partial charge is 0.341 e. The molecule has 0 aliphatic rings. The molecule has 0 bridgehead atoms. The molecular formula is C11H11BrO5. The van der Waals surface area contributed by atoms with E-state index in [9.17, 15) is 9.59 Å². The van der Waals surface area contributed by atoms with Gasteiger partial charge in [0, 0.05) is 4.47 Å². The van der Waals surface area contributed by atoms with Crippen molar-refractivity contribution in [2.45, 2.75) is 6.92 Å². The summed E-state index contributed by atoms with van der Waals surface area (Å²) in [6, 6.07) is 4.59. The van der Waals surface area contributed by atoms with Gasteiger partial charge in [-0.3, -0.25) is 0 Å². The Morgan fingerprint density at radius 3 is 2.65 bits per heavy atom. The van der Waals surface area contributed by atoms with Gasteiger partial charge in [0.2, 0.25) is 0 Å². The lowest BCUT2D eigenvalue weighted by molar-refractivity contribution is -0.139. The predicted molar refractivity (Wildman–Crippen MR) is 63.2 cm³/mol. The van der Waals surface area contributed by atoms with Crippen LogP contribution in [0.25, 0.3) is 0 Å². The second-order valence-electron chi connectivity index (χ2n) is 3.08. The normalized spacial score (nSPS) is 9.76. The molecule has 0 heterocycles. The van der Waals surface area contributed by atoms with E-state index in [1.807, 2.05) is 0 Å². The lowest BCUT2D eigenvalue weighted by Crippen LogP contribution is -2.10.